The first-order valence-corrected chi connectivity index (χ1v) is 11.0. The number of Topliss-reactive ketones (excluding diaryl/α,β-unsaturated/α-hetero) is 1. The molecule has 0 aliphatic carbocycles. The molecule has 0 N–H and O–H groups in total. The largest absolute Gasteiger partial charge is 0.417 e. The van der Waals surface area contributed by atoms with Crippen LogP contribution in [0.25, 0.3) is 0 Å². The number of nitrogens with zero attached hydrogens (tertiary/aromatic N) is 3. The van der Waals surface area contributed by atoms with Gasteiger partial charge in [-0.05, 0) is 80.8 Å². The molecule has 0 saturated carbocycles. The first-order valence-electron chi connectivity index (χ1n) is 11.0. The Morgan fingerprint density at radius 2 is 1.42 bits per heavy atom. The molecule has 1 aromatic heterocycles. The van der Waals surface area contributed by atoms with Gasteiger partial charge in [-0.2, -0.15) is 13.2 Å². The van der Waals surface area contributed by atoms with Crippen LogP contribution in [0.4, 0.5) is 24.7 Å². The molecule has 0 amide bonds. The Balaban J connectivity index is 1.27. The summed E-state index contributed by atoms with van der Waals surface area (Å²) < 4.78 is 38.2. The number of rotatable bonds is 4. The molecule has 2 saturated heterocycles. The molecule has 166 valence electrons. The van der Waals surface area contributed by atoms with Gasteiger partial charge in [0.05, 0.1) is 5.56 Å². The molecular weight excluding hydrogens is 403 g/mol. The van der Waals surface area contributed by atoms with Crippen molar-refractivity contribution in [2.75, 3.05) is 36.0 Å². The van der Waals surface area contributed by atoms with Gasteiger partial charge in [0.2, 0.25) is 0 Å². The lowest BCUT2D eigenvalue weighted by Gasteiger charge is -2.41. The second-order valence-electron chi connectivity index (χ2n) is 8.65. The van der Waals surface area contributed by atoms with Crippen LogP contribution in [0.5, 0.6) is 0 Å². The summed E-state index contributed by atoms with van der Waals surface area (Å²) in [5.74, 6) is 2.07. The first-order chi connectivity index (χ1) is 14.8. The number of anilines is 2. The molecule has 2 fully saturated rings. The van der Waals surface area contributed by atoms with Gasteiger partial charge in [0.15, 0.2) is 5.78 Å². The number of pyridine rings is 1. The summed E-state index contributed by atoms with van der Waals surface area (Å²) in [6.45, 7) is 5.31. The number of hydrogen-bond acceptors (Lipinski definition) is 4. The van der Waals surface area contributed by atoms with Crippen molar-refractivity contribution in [3.63, 3.8) is 0 Å². The average Bonchev–Trinajstić information content (AvgIpc) is 2.79. The quantitative estimate of drug-likeness (QED) is 0.605. The summed E-state index contributed by atoms with van der Waals surface area (Å²) in [6, 6.07) is 10.5. The molecule has 3 heterocycles. The molecule has 2 aliphatic heterocycles. The normalized spacial score (nSPS) is 19.0. The Hall–Kier alpha value is -2.57. The van der Waals surface area contributed by atoms with Crippen molar-refractivity contribution in [1.82, 2.24) is 4.98 Å². The fraction of sp³-hybridized carbons (Fsp3) is 0.500. The summed E-state index contributed by atoms with van der Waals surface area (Å²) >= 11 is 0. The van der Waals surface area contributed by atoms with E-state index in [0.29, 0.717) is 17.7 Å². The van der Waals surface area contributed by atoms with Crippen LogP contribution in [0.1, 0.15) is 48.5 Å². The van der Waals surface area contributed by atoms with Crippen molar-refractivity contribution >= 4 is 17.3 Å². The van der Waals surface area contributed by atoms with E-state index >= 15 is 0 Å². The monoisotopic (exact) mass is 431 g/mol. The Morgan fingerprint density at radius 3 is 1.87 bits per heavy atom. The smallest absolute Gasteiger partial charge is 0.372 e. The summed E-state index contributed by atoms with van der Waals surface area (Å²) in [5, 5.41) is 0. The van der Waals surface area contributed by atoms with Crippen molar-refractivity contribution in [3.8, 4) is 0 Å². The number of alkyl halides is 3. The number of hydrogen-bond donors (Lipinski definition) is 0. The fourth-order valence-corrected chi connectivity index (χ4v) is 4.88. The molecule has 2 aliphatic rings. The number of carbonyl (C=O) groups is 1. The molecule has 1 aromatic carbocycles. The van der Waals surface area contributed by atoms with Gasteiger partial charge in [-0.25, -0.2) is 4.98 Å². The number of piperidine rings is 2. The molecule has 31 heavy (non-hydrogen) atoms. The lowest BCUT2D eigenvalue weighted by atomic mass is 9.78. The van der Waals surface area contributed by atoms with Gasteiger partial charge < -0.3 is 9.80 Å². The zero-order chi connectivity index (χ0) is 22.0. The highest BCUT2D eigenvalue weighted by Gasteiger charge is 2.32. The maximum Gasteiger partial charge on any atom is 0.417 e. The van der Waals surface area contributed by atoms with E-state index in [2.05, 4.69) is 14.8 Å². The van der Waals surface area contributed by atoms with E-state index in [1.165, 1.54) is 11.8 Å². The SMILES string of the molecule is CC(=O)c1ccc(N2CCC(C3CCN(c4ccc(C(F)(F)F)cn4)CC3)CC2)cc1. The minimum absolute atomic E-state index is 0.0862. The van der Waals surface area contributed by atoms with E-state index < -0.39 is 11.7 Å². The minimum Gasteiger partial charge on any atom is -0.372 e. The number of carbonyl (C=O) groups excluding carboxylic acids is 1. The van der Waals surface area contributed by atoms with Gasteiger partial charge in [0.1, 0.15) is 5.82 Å². The zero-order valence-corrected chi connectivity index (χ0v) is 17.7. The standard InChI is InChI=1S/C24H28F3N3O/c1-17(31)18-2-5-22(6-3-18)29-12-8-19(9-13-29)20-10-14-30(15-11-20)23-7-4-21(16-28-23)24(25,26)27/h2-7,16,19-20H,8-15H2,1H3. The highest BCUT2D eigenvalue weighted by atomic mass is 19.4. The molecule has 2 aromatic rings. The van der Waals surface area contributed by atoms with Crippen molar-refractivity contribution in [1.29, 1.82) is 0 Å². The van der Waals surface area contributed by atoms with Crippen LogP contribution >= 0.6 is 0 Å². The molecule has 4 rings (SSSR count). The maximum atomic E-state index is 12.7. The highest BCUT2D eigenvalue weighted by Crippen LogP contribution is 2.35. The molecule has 4 nitrogen and oxygen atoms in total. The number of aromatic nitrogens is 1. The second-order valence-corrected chi connectivity index (χ2v) is 8.65. The van der Waals surface area contributed by atoms with E-state index in [0.717, 1.165) is 69.7 Å². The van der Waals surface area contributed by atoms with Crippen molar-refractivity contribution in [2.24, 2.45) is 11.8 Å². The third kappa shape index (κ3) is 5.02. The van der Waals surface area contributed by atoms with Gasteiger partial charge in [-0.1, -0.05) is 0 Å². The predicted octanol–water partition coefficient (Wildman–Crippen LogP) is 5.44. The van der Waals surface area contributed by atoms with Crippen LogP contribution in [0.15, 0.2) is 42.6 Å². The van der Waals surface area contributed by atoms with Gasteiger partial charge in [0, 0.05) is 43.6 Å². The van der Waals surface area contributed by atoms with E-state index in [9.17, 15) is 18.0 Å². The molecule has 7 heteroatoms. The Kier molecular flexibility index (Phi) is 6.21. The maximum absolute atomic E-state index is 12.7. The van der Waals surface area contributed by atoms with Crippen molar-refractivity contribution < 1.29 is 18.0 Å². The summed E-state index contributed by atoms with van der Waals surface area (Å²) in [5.41, 5.74) is 1.22. The van der Waals surface area contributed by atoms with Crippen LogP contribution in [0.2, 0.25) is 0 Å². The Morgan fingerprint density at radius 1 is 0.871 bits per heavy atom. The molecule has 0 spiro atoms. The summed E-state index contributed by atoms with van der Waals surface area (Å²) in [7, 11) is 0. The molecule has 0 radical (unpaired) electrons. The highest BCUT2D eigenvalue weighted by molar-refractivity contribution is 5.94. The Bertz CT molecular complexity index is 880. The fourth-order valence-electron chi connectivity index (χ4n) is 4.88. The summed E-state index contributed by atoms with van der Waals surface area (Å²) in [6.07, 6.45) is 1.000. The average molecular weight is 432 g/mol. The third-order valence-corrected chi connectivity index (χ3v) is 6.78. The van der Waals surface area contributed by atoms with E-state index in [-0.39, 0.29) is 5.78 Å². The molecule has 0 bridgehead atoms. The van der Waals surface area contributed by atoms with Crippen molar-refractivity contribution in [2.45, 2.75) is 38.8 Å². The third-order valence-electron chi connectivity index (χ3n) is 6.78. The van der Waals surface area contributed by atoms with Crippen LogP contribution in [-0.4, -0.2) is 36.9 Å². The Labute approximate surface area is 181 Å². The first kappa shape index (κ1) is 21.7. The second kappa shape index (κ2) is 8.89. The molecular formula is C24H28F3N3O. The zero-order valence-electron chi connectivity index (χ0n) is 17.7. The summed E-state index contributed by atoms with van der Waals surface area (Å²) in [4.78, 5) is 20.0. The van der Waals surface area contributed by atoms with Gasteiger partial charge >= 0.3 is 6.18 Å². The van der Waals surface area contributed by atoms with E-state index in [4.69, 9.17) is 0 Å². The van der Waals surface area contributed by atoms with Crippen LogP contribution < -0.4 is 9.80 Å². The minimum atomic E-state index is -4.34. The molecule has 0 unspecified atom stereocenters. The van der Waals surface area contributed by atoms with Crippen LogP contribution in [-0.2, 0) is 6.18 Å². The molecule has 0 atom stereocenters. The lowest BCUT2D eigenvalue weighted by molar-refractivity contribution is -0.137. The van der Waals surface area contributed by atoms with Crippen LogP contribution in [0.3, 0.4) is 0 Å². The van der Waals surface area contributed by atoms with Gasteiger partial charge in [-0.3, -0.25) is 4.79 Å². The van der Waals surface area contributed by atoms with Crippen molar-refractivity contribution in [3.05, 3.63) is 53.7 Å². The van der Waals surface area contributed by atoms with Gasteiger partial charge in [0.25, 0.3) is 0 Å². The topological polar surface area (TPSA) is 36.4 Å². The number of halogens is 3. The predicted molar refractivity (Wildman–Crippen MR) is 116 cm³/mol. The number of benzene rings is 1. The van der Waals surface area contributed by atoms with E-state index in [1.54, 1.807) is 6.92 Å². The van der Waals surface area contributed by atoms with Crippen LogP contribution in [0, 0.1) is 11.8 Å². The van der Waals surface area contributed by atoms with E-state index in [1.807, 2.05) is 24.3 Å². The number of ketones is 1. The lowest BCUT2D eigenvalue weighted by Crippen LogP contribution is -2.41. The van der Waals surface area contributed by atoms with Gasteiger partial charge in [-0.15, -0.1) is 0 Å².